The number of esters is 1. The molecule has 6 heteroatoms. The molecule has 2 aromatic carbocycles. The first-order valence-electron chi connectivity index (χ1n) is 7.18. The summed E-state index contributed by atoms with van der Waals surface area (Å²) in [4.78, 5) is 16.5. The number of oxazole rings is 1. The maximum absolute atomic E-state index is 12.2. The summed E-state index contributed by atoms with van der Waals surface area (Å²) in [5.74, 6) is 0.604. The second-order valence-corrected chi connectivity index (χ2v) is 5.79. The van der Waals surface area contributed by atoms with Crippen LogP contribution >= 0.6 is 15.9 Å². The summed E-state index contributed by atoms with van der Waals surface area (Å²) in [5, 5.41) is 0. The summed E-state index contributed by atoms with van der Waals surface area (Å²) in [5.41, 5.74) is 1.80. The van der Waals surface area contributed by atoms with Gasteiger partial charge in [0.1, 0.15) is 24.3 Å². The van der Waals surface area contributed by atoms with Crippen molar-refractivity contribution in [2.45, 2.75) is 6.61 Å². The molecular weight excluding hydrogens is 374 g/mol. The lowest BCUT2D eigenvalue weighted by Crippen LogP contribution is -2.06. The van der Waals surface area contributed by atoms with Crippen molar-refractivity contribution in [3.63, 3.8) is 0 Å². The van der Waals surface area contributed by atoms with E-state index in [9.17, 15) is 4.79 Å². The Balaban J connectivity index is 1.68. The first kappa shape index (κ1) is 16.3. The van der Waals surface area contributed by atoms with Crippen molar-refractivity contribution in [1.29, 1.82) is 0 Å². The maximum Gasteiger partial charge on any atom is 0.339 e. The highest BCUT2D eigenvalue weighted by molar-refractivity contribution is 9.10. The van der Waals surface area contributed by atoms with E-state index in [4.69, 9.17) is 13.9 Å². The molecule has 1 heterocycles. The average Bonchev–Trinajstić information content (AvgIpc) is 3.10. The minimum atomic E-state index is -0.468. The molecule has 0 aliphatic heterocycles. The normalized spacial score (nSPS) is 10.4. The summed E-state index contributed by atoms with van der Waals surface area (Å²) >= 11 is 3.33. The van der Waals surface area contributed by atoms with Gasteiger partial charge in [0, 0.05) is 10.0 Å². The number of aromatic nitrogens is 1. The number of hydrogen-bond donors (Lipinski definition) is 0. The number of benzene rings is 2. The lowest BCUT2D eigenvalue weighted by molar-refractivity contribution is 0.0466. The van der Waals surface area contributed by atoms with Crippen LogP contribution < -0.4 is 4.74 Å². The fourth-order valence-electron chi connectivity index (χ4n) is 2.09. The van der Waals surface area contributed by atoms with Crippen molar-refractivity contribution >= 4 is 21.9 Å². The number of halogens is 1. The molecule has 0 aliphatic rings. The van der Waals surface area contributed by atoms with Gasteiger partial charge in [-0.1, -0.05) is 18.2 Å². The molecule has 0 unspecified atom stereocenters. The summed E-state index contributed by atoms with van der Waals surface area (Å²) in [6.07, 6.45) is 1.48. The predicted molar refractivity (Wildman–Crippen MR) is 91.8 cm³/mol. The molecule has 0 fully saturated rings. The molecule has 3 aromatic rings. The molecule has 0 spiro atoms. The van der Waals surface area contributed by atoms with Crippen molar-refractivity contribution in [3.8, 4) is 17.2 Å². The standard InChI is InChI=1S/C18H14BrNO4/c1-22-14-7-8-16(19)15(9-14)18(21)24-11-13-10-23-17(20-13)12-5-3-2-4-6-12/h2-10H,11H2,1H3. The van der Waals surface area contributed by atoms with Crippen LogP contribution in [0, 0.1) is 0 Å². The quantitative estimate of drug-likeness (QED) is 0.604. The number of nitrogens with zero attached hydrogens (tertiary/aromatic N) is 1. The molecule has 0 saturated carbocycles. The summed E-state index contributed by atoms with van der Waals surface area (Å²) in [6, 6.07) is 14.6. The van der Waals surface area contributed by atoms with Gasteiger partial charge in [-0.3, -0.25) is 0 Å². The molecule has 0 bridgehead atoms. The zero-order valence-electron chi connectivity index (χ0n) is 12.9. The molecule has 122 valence electrons. The van der Waals surface area contributed by atoms with Crippen LogP contribution in [0.5, 0.6) is 5.75 Å². The topological polar surface area (TPSA) is 61.6 Å². The average molecular weight is 388 g/mol. The van der Waals surface area contributed by atoms with E-state index in [1.807, 2.05) is 30.3 Å². The number of methoxy groups -OCH3 is 1. The molecule has 5 nitrogen and oxygen atoms in total. The van der Waals surface area contributed by atoms with Crippen molar-refractivity contribution in [2.75, 3.05) is 7.11 Å². The van der Waals surface area contributed by atoms with Crippen molar-refractivity contribution < 1.29 is 18.7 Å². The van der Waals surface area contributed by atoms with Crippen LogP contribution in [0.1, 0.15) is 16.1 Å². The van der Waals surface area contributed by atoms with Crippen molar-refractivity contribution in [1.82, 2.24) is 4.98 Å². The van der Waals surface area contributed by atoms with Gasteiger partial charge in [0.05, 0.1) is 12.7 Å². The number of rotatable bonds is 5. The predicted octanol–water partition coefficient (Wildman–Crippen LogP) is 4.47. The molecule has 3 rings (SSSR count). The van der Waals surface area contributed by atoms with Crippen molar-refractivity contribution in [3.05, 3.63) is 70.5 Å². The molecule has 0 aliphatic carbocycles. The van der Waals surface area contributed by atoms with Crippen LogP contribution in [-0.2, 0) is 11.3 Å². The minimum Gasteiger partial charge on any atom is -0.497 e. The van der Waals surface area contributed by atoms with Crippen LogP contribution in [0.2, 0.25) is 0 Å². The number of carbonyl (C=O) groups excluding carboxylic acids is 1. The Morgan fingerprint density at radius 2 is 2.00 bits per heavy atom. The van der Waals surface area contributed by atoms with Crippen LogP contribution in [0.4, 0.5) is 0 Å². The fraction of sp³-hybridized carbons (Fsp3) is 0.111. The Morgan fingerprint density at radius 3 is 2.75 bits per heavy atom. The third-order valence-electron chi connectivity index (χ3n) is 3.32. The molecule has 0 atom stereocenters. The smallest absolute Gasteiger partial charge is 0.339 e. The number of carbonyl (C=O) groups is 1. The Hall–Kier alpha value is -2.60. The first-order valence-corrected chi connectivity index (χ1v) is 7.97. The zero-order valence-corrected chi connectivity index (χ0v) is 14.4. The second-order valence-electron chi connectivity index (χ2n) is 4.93. The Kier molecular flexibility index (Phi) is 4.96. The van der Waals surface area contributed by atoms with E-state index in [-0.39, 0.29) is 6.61 Å². The third kappa shape index (κ3) is 3.65. The molecule has 24 heavy (non-hydrogen) atoms. The molecule has 0 N–H and O–H groups in total. The largest absolute Gasteiger partial charge is 0.497 e. The molecule has 0 saturated heterocycles. The van der Waals surface area contributed by atoms with Crippen LogP contribution in [0.15, 0.2) is 63.7 Å². The fourth-order valence-corrected chi connectivity index (χ4v) is 2.50. The van der Waals surface area contributed by atoms with Gasteiger partial charge < -0.3 is 13.9 Å². The van der Waals surface area contributed by atoms with Gasteiger partial charge in [0.2, 0.25) is 5.89 Å². The Morgan fingerprint density at radius 1 is 1.21 bits per heavy atom. The number of ether oxygens (including phenoxy) is 2. The first-order chi connectivity index (χ1) is 11.7. The molecule has 0 radical (unpaired) electrons. The Labute approximate surface area is 147 Å². The van der Waals surface area contributed by atoms with Gasteiger partial charge in [-0.05, 0) is 46.3 Å². The van der Waals surface area contributed by atoms with Gasteiger partial charge in [-0.25, -0.2) is 9.78 Å². The highest BCUT2D eigenvalue weighted by atomic mass is 79.9. The van der Waals surface area contributed by atoms with E-state index >= 15 is 0 Å². The van der Waals surface area contributed by atoms with E-state index in [0.717, 1.165) is 5.56 Å². The molecular formula is C18H14BrNO4. The van der Waals surface area contributed by atoms with E-state index < -0.39 is 5.97 Å². The van der Waals surface area contributed by atoms with Gasteiger partial charge in [0.25, 0.3) is 0 Å². The molecule has 1 aromatic heterocycles. The van der Waals surface area contributed by atoms with Gasteiger partial charge in [0.15, 0.2) is 0 Å². The SMILES string of the molecule is COc1ccc(Br)c(C(=O)OCc2coc(-c3ccccc3)n2)c1. The summed E-state index contributed by atoms with van der Waals surface area (Å²) in [6.45, 7) is 0.0266. The second kappa shape index (κ2) is 7.31. The van der Waals surface area contributed by atoms with Crippen LogP contribution in [0.25, 0.3) is 11.5 Å². The number of hydrogen-bond acceptors (Lipinski definition) is 5. The lowest BCUT2D eigenvalue weighted by Gasteiger charge is -2.07. The summed E-state index contributed by atoms with van der Waals surface area (Å²) in [7, 11) is 1.54. The van der Waals surface area contributed by atoms with E-state index in [1.54, 1.807) is 25.3 Å². The Bertz CT molecular complexity index is 845. The van der Waals surface area contributed by atoms with Crippen LogP contribution in [0.3, 0.4) is 0 Å². The monoisotopic (exact) mass is 387 g/mol. The lowest BCUT2D eigenvalue weighted by atomic mass is 10.2. The van der Waals surface area contributed by atoms with Crippen molar-refractivity contribution in [2.24, 2.45) is 0 Å². The zero-order chi connectivity index (χ0) is 16.9. The summed E-state index contributed by atoms with van der Waals surface area (Å²) < 4.78 is 16.5. The highest BCUT2D eigenvalue weighted by Gasteiger charge is 2.14. The highest BCUT2D eigenvalue weighted by Crippen LogP contribution is 2.24. The van der Waals surface area contributed by atoms with Gasteiger partial charge in [-0.2, -0.15) is 0 Å². The third-order valence-corrected chi connectivity index (χ3v) is 4.01. The molecule has 0 amide bonds. The van der Waals surface area contributed by atoms with E-state index in [1.165, 1.54) is 6.26 Å². The maximum atomic E-state index is 12.2. The van der Waals surface area contributed by atoms with Crippen LogP contribution in [-0.4, -0.2) is 18.1 Å². The van der Waals surface area contributed by atoms with E-state index in [2.05, 4.69) is 20.9 Å². The minimum absolute atomic E-state index is 0.0266. The van der Waals surface area contributed by atoms with E-state index in [0.29, 0.717) is 27.4 Å². The van der Waals surface area contributed by atoms with Gasteiger partial charge >= 0.3 is 5.97 Å². The van der Waals surface area contributed by atoms with Gasteiger partial charge in [-0.15, -0.1) is 0 Å².